The third-order valence-corrected chi connectivity index (χ3v) is 5.82. The van der Waals surface area contributed by atoms with Crippen LogP contribution in [-0.4, -0.2) is 39.6 Å². The molecule has 8 heteroatoms. The summed E-state index contributed by atoms with van der Waals surface area (Å²) in [4.78, 5) is 26.4. The third kappa shape index (κ3) is 6.21. The van der Waals surface area contributed by atoms with Gasteiger partial charge in [0, 0.05) is 23.9 Å². The number of amidine groups is 1. The van der Waals surface area contributed by atoms with E-state index in [0.717, 1.165) is 37.2 Å². The van der Waals surface area contributed by atoms with Crippen LogP contribution in [0.15, 0.2) is 40.0 Å². The number of hydrogen-bond donors (Lipinski definition) is 4. The van der Waals surface area contributed by atoms with Crippen LogP contribution < -0.4 is 16.8 Å². The number of nitrogens with zero attached hydrogens (tertiary/aromatic N) is 3. The number of primary amides is 1. The van der Waals surface area contributed by atoms with Crippen LogP contribution in [0.25, 0.3) is 0 Å². The van der Waals surface area contributed by atoms with Gasteiger partial charge in [0.1, 0.15) is 11.4 Å². The van der Waals surface area contributed by atoms with Gasteiger partial charge in [-0.1, -0.05) is 25.0 Å². The van der Waals surface area contributed by atoms with Crippen LogP contribution in [0.2, 0.25) is 0 Å². The average molecular weight is 427 g/mol. The number of nitrogens with two attached hydrogens (primary N) is 2. The summed E-state index contributed by atoms with van der Waals surface area (Å²) in [5.41, 5.74) is 13.0. The minimum absolute atomic E-state index is 0.0373. The fourth-order valence-corrected chi connectivity index (χ4v) is 4.00. The van der Waals surface area contributed by atoms with Crippen molar-refractivity contribution in [2.45, 2.75) is 77.0 Å². The third-order valence-electron chi connectivity index (χ3n) is 5.82. The zero-order valence-electron chi connectivity index (χ0n) is 18.6. The van der Waals surface area contributed by atoms with Gasteiger partial charge in [-0.25, -0.2) is 9.98 Å². The molecule has 1 aromatic heterocycles. The van der Waals surface area contributed by atoms with E-state index in [1.54, 1.807) is 32.0 Å². The summed E-state index contributed by atoms with van der Waals surface area (Å²) in [5, 5.41) is 13.6. The van der Waals surface area contributed by atoms with Crippen LogP contribution in [0.1, 0.15) is 65.0 Å². The first-order chi connectivity index (χ1) is 14.6. The van der Waals surface area contributed by atoms with Crippen molar-refractivity contribution in [1.82, 2.24) is 10.3 Å². The van der Waals surface area contributed by atoms with Crippen LogP contribution in [0.5, 0.6) is 0 Å². The quantitative estimate of drug-likeness (QED) is 0.585. The van der Waals surface area contributed by atoms with Gasteiger partial charge < -0.3 is 21.9 Å². The summed E-state index contributed by atoms with van der Waals surface area (Å²) in [5.74, 6) is 0.169. The summed E-state index contributed by atoms with van der Waals surface area (Å²) in [7, 11) is 0. The van der Waals surface area contributed by atoms with E-state index in [2.05, 4.69) is 10.3 Å². The van der Waals surface area contributed by atoms with Crippen molar-refractivity contribution < 1.29 is 9.90 Å². The highest BCUT2D eigenvalue weighted by Gasteiger charge is 2.27. The highest BCUT2D eigenvalue weighted by molar-refractivity contribution is 6.13. The second kappa shape index (κ2) is 9.70. The van der Waals surface area contributed by atoms with Crippen molar-refractivity contribution >= 4 is 23.3 Å². The molecule has 8 nitrogen and oxygen atoms in total. The number of allylic oxidation sites excluding steroid dienone is 2. The van der Waals surface area contributed by atoms with Crippen LogP contribution in [0.3, 0.4) is 0 Å². The zero-order valence-corrected chi connectivity index (χ0v) is 18.6. The molecule has 31 heavy (non-hydrogen) atoms. The molecular weight excluding hydrogens is 392 g/mol. The number of pyridine rings is 1. The van der Waals surface area contributed by atoms with Crippen LogP contribution in [0, 0.1) is 5.92 Å². The summed E-state index contributed by atoms with van der Waals surface area (Å²) in [6.07, 6.45) is 6.92. The Hall–Kier alpha value is -2.58. The molecule has 168 valence electrons. The van der Waals surface area contributed by atoms with Gasteiger partial charge in [-0.3, -0.25) is 9.79 Å². The van der Waals surface area contributed by atoms with Crippen LogP contribution in [0.4, 0.5) is 5.82 Å². The molecule has 1 saturated carbocycles. The molecule has 0 radical (unpaired) electrons. The molecule has 0 spiro atoms. The molecular formula is C23H34N6O2. The Morgan fingerprint density at radius 1 is 1.29 bits per heavy atom. The van der Waals surface area contributed by atoms with E-state index in [9.17, 15) is 9.90 Å². The number of rotatable bonds is 4. The van der Waals surface area contributed by atoms with Gasteiger partial charge in [-0.05, 0) is 52.2 Å². The minimum Gasteiger partial charge on any atom is -0.384 e. The van der Waals surface area contributed by atoms with Crippen molar-refractivity contribution in [3.05, 3.63) is 35.7 Å². The highest BCUT2D eigenvalue weighted by atomic mass is 16.3. The lowest BCUT2D eigenvalue weighted by Crippen LogP contribution is -2.40. The zero-order chi connectivity index (χ0) is 22.6. The van der Waals surface area contributed by atoms with Crippen molar-refractivity contribution in [2.24, 2.45) is 27.4 Å². The van der Waals surface area contributed by atoms with Gasteiger partial charge in [0.05, 0.1) is 17.7 Å². The van der Waals surface area contributed by atoms with E-state index >= 15 is 0 Å². The molecule has 6 N–H and O–H groups in total. The molecule has 3 rings (SSSR count). The standard InChI is InChI=1S/C23H34N6O2/c1-14-11-12-15(22(25)30)18(28-20-10-6-9-19(29-20)23(2,3)31)13-21(26-14)27-17-8-5-4-7-16(17)24/h6,9-11,15-17,31H,4-5,7-8,12-13,24H2,1-3H3,(H2,25,30)(H,26,27). The number of amides is 1. The monoisotopic (exact) mass is 426 g/mol. The summed E-state index contributed by atoms with van der Waals surface area (Å²) in [6.45, 7) is 5.29. The molecule has 0 bridgehead atoms. The Labute approximate surface area is 183 Å². The van der Waals surface area contributed by atoms with E-state index in [1.807, 2.05) is 13.0 Å². The topological polar surface area (TPSA) is 139 Å². The maximum absolute atomic E-state index is 12.3. The summed E-state index contributed by atoms with van der Waals surface area (Å²) >= 11 is 0. The highest BCUT2D eigenvalue weighted by Crippen LogP contribution is 2.24. The van der Waals surface area contributed by atoms with E-state index in [-0.39, 0.29) is 12.1 Å². The molecule has 0 aromatic carbocycles. The Morgan fingerprint density at radius 3 is 2.71 bits per heavy atom. The predicted molar refractivity (Wildman–Crippen MR) is 123 cm³/mol. The minimum atomic E-state index is -1.09. The number of carbonyl (C=O) groups is 1. The SMILES string of the molecule is CC1=CCC(C(N)=O)C(=Nc2cccc(C(C)(C)O)n2)CC(=NC2CCCCC2N)N1. The lowest BCUT2D eigenvalue weighted by Gasteiger charge is -2.27. The number of aromatic nitrogens is 1. The van der Waals surface area contributed by atoms with Gasteiger partial charge in [0.25, 0.3) is 0 Å². The molecule has 1 aliphatic carbocycles. The fourth-order valence-electron chi connectivity index (χ4n) is 4.00. The van der Waals surface area contributed by atoms with E-state index in [4.69, 9.17) is 21.5 Å². The van der Waals surface area contributed by atoms with E-state index in [1.165, 1.54) is 0 Å². The summed E-state index contributed by atoms with van der Waals surface area (Å²) < 4.78 is 0. The lowest BCUT2D eigenvalue weighted by atomic mass is 9.91. The lowest BCUT2D eigenvalue weighted by molar-refractivity contribution is -0.119. The first-order valence-electron chi connectivity index (χ1n) is 11.0. The molecule has 1 aromatic rings. The van der Waals surface area contributed by atoms with E-state index in [0.29, 0.717) is 30.1 Å². The maximum Gasteiger partial charge on any atom is 0.226 e. The van der Waals surface area contributed by atoms with Crippen molar-refractivity contribution in [3.63, 3.8) is 0 Å². The van der Waals surface area contributed by atoms with Crippen LogP contribution in [-0.2, 0) is 10.4 Å². The summed E-state index contributed by atoms with van der Waals surface area (Å²) in [6, 6.07) is 5.38. The van der Waals surface area contributed by atoms with Gasteiger partial charge >= 0.3 is 0 Å². The number of hydrogen-bond acceptors (Lipinski definition) is 6. The van der Waals surface area contributed by atoms with Crippen LogP contribution >= 0.6 is 0 Å². The normalized spacial score (nSPS) is 27.9. The number of carbonyl (C=O) groups excluding carboxylic acids is 1. The molecule has 1 amide bonds. The Morgan fingerprint density at radius 2 is 2.03 bits per heavy atom. The second-order valence-corrected chi connectivity index (χ2v) is 9.01. The number of aliphatic hydroxyl groups is 1. The average Bonchev–Trinajstić information content (AvgIpc) is 2.67. The number of aliphatic imine (C=N–C) groups is 2. The molecule has 0 saturated heterocycles. The van der Waals surface area contributed by atoms with Gasteiger partial charge in [-0.15, -0.1) is 0 Å². The first-order valence-corrected chi connectivity index (χ1v) is 11.0. The van der Waals surface area contributed by atoms with Gasteiger partial charge in [0.15, 0.2) is 5.82 Å². The molecule has 3 atom stereocenters. The van der Waals surface area contributed by atoms with Crippen molar-refractivity contribution in [3.8, 4) is 0 Å². The first kappa shape index (κ1) is 23.1. The smallest absolute Gasteiger partial charge is 0.226 e. The van der Waals surface area contributed by atoms with Gasteiger partial charge in [-0.2, -0.15) is 0 Å². The second-order valence-electron chi connectivity index (χ2n) is 9.01. The molecule has 1 aliphatic heterocycles. The Bertz CT molecular complexity index is 900. The van der Waals surface area contributed by atoms with Gasteiger partial charge in [0.2, 0.25) is 5.91 Å². The van der Waals surface area contributed by atoms with E-state index < -0.39 is 17.4 Å². The molecule has 2 heterocycles. The molecule has 2 aliphatic rings. The van der Waals surface area contributed by atoms with Crippen molar-refractivity contribution in [1.29, 1.82) is 0 Å². The molecule has 1 fully saturated rings. The largest absolute Gasteiger partial charge is 0.384 e. The Balaban J connectivity index is 2.00. The molecule has 3 unspecified atom stereocenters. The fraction of sp³-hybridized carbons (Fsp3) is 0.565. The Kier molecular flexibility index (Phi) is 7.23. The van der Waals surface area contributed by atoms with Crippen molar-refractivity contribution in [2.75, 3.05) is 0 Å². The predicted octanol–water partition coefficient (Wildman–Crippen LogP) is 2.44. The number of nitrogens with one attached hydrogen (secondary N) is 1. The maximum atomic E-state index is 12.3.